The Kier molecular flexibility index (Phi) is 14.1. The van der Waals surface area contributed by atoms with Crippen LogP contribution in [0.15, 0.2) is 35.2 Å². The average molecular weight is 433 g/mol. The largest absolute Gasteiger partial charge is 0.469 e. The number of furan rings is 1. The molecule has 0 saturated carbocycles. The fourth-order valence-corrected chi connectivity index (χ4v) is 4.27. The van der Waals surface area contributed by atoms with Crippen LogP contribution in [0.25, 0.3) is 0 Å². The zero-order valence-corrected chi connectivity index (χ0v) is 19.7. The van der Waals surface area contributed by atoms with E-state index < -0.39 is 0 Å². The molecule has 31 heavy (non-hydrogen) atoms. The molecule has 0 N–H and O–H groups in total. The number of rotatable bonds is 18. The molecular formula is C27H44O4. The van der Waals surface area contributed by atoms with Gasteiger partial charge < -0.3 is 13.9 Å². The summed E-state index contributed by atoms with van der Waals surface area (Å²) >= 11 is 0. The highest BCUT2D eigenvalue weighted by Gasteiger charge is 2.27. The summed E-state index contributed by atoms with van der Waals surface area (Å²) < 4.78 is 16.3. The van der Waals surface area contributed by atoms with Gasteiger partial charge in [-0.15, -0.1) is 0 Å². The minimum Gasteiger partial charge on any atom is -0.469 e. The van der Waals surface area contributed by atoms with Crippen LogP contribution in [-0.2, 0) is 9.53 Å². The van der Waals surface area contributed by atoms with Crippen molar-refractivity contribution in [1.82, 2.24) is 0 Å². The average Bonchev–Trinajstić information content (AvgIpc) is 3.47. The lowest BCUT2D eigenvalue weighted by molar-refractivity contribution is -0.140. The van der Waals surface area contributed by atoms with E-state index in [2.05, 4.69) is 19.1 Å². The zero-order chi connectivity index (χ0) is 22.0. The summed E-state index contributed by atoms with van der Waals surface area (Å²) in [6.07, 6.45) is 27.1. The van der Waals surface area contributed by atoms with Crippen LogP contribution in [0.4, 0.5) is 0 Å². The van der Waals surface area contributed by atoms with Gasteiger partial charge in [-0.25, -0.2) is 0 Å². The van der Waals surface area contributed by atoms with Gasteiger partial charge in [0.1, 0.15) is 6.26 Å². The molecule has 2 unspecified atom stereocenters. The lowest BCUT2D eigenvalue weighted by atomic mass is 9.93. The van der Waals surface area contributed by atoms with Gasteiger partial charge in [-0.1, -0.05) is 70.4 Å². The van der Waals surface area contributed by atoms with Crippen LogP contribution in [0.2, 0.25) is 0 Å². The van der Waals surface area contributed by atoms with Crippen LogP contribution in [0.1, 0.15) is 110 Å². The Morgan fingerprint density at radius 1 is 1.06 bits per heavy atom. The lowest BCUT2D eigenvalue weighted by Crippen LogP contribution is -2.25. The van der Waals surface area contributed by atoms with Crippen LogP contribution >= 0.6 is 0 Å². The van der Waals surface area contributed by atoms with Gasteiger partial charge >= 0.3 is 5.97 Å². The van der Waals surface area contributed by atoms with E-state index >= 15 is 0 Å². The number of hydrogen-bond donors (Lipinski definition) is 0. The monoisotopic (exact) mass is 432 g/mol. The quantitative estimate of drug-likeness (QED) is 0.134. The molecular weight excluding hydrogens is 388 g/mol. The first-order valence-electron chi connectivity index (χ1n) is 12.8. The Labute approximate surface area is 189 Å². The van der Waals surface area contributed by atoms with Crippen molar-refractivity contribution in [3.8, 4) is 5.75 Å². The van der Waals surface area contributed by atoms with Gasteiger partial charge in [0.15, 0.2) is 5.75 Å². The molecule has 1 aliphatic rings. The first-order chi connectivity index (χ1) is 15.3. The van der Waals surface area contributed by atoms with Crippen LogP contribution in [-0.4, -0.2) is 18.7 Å². The van der Waals surface area contributed by atoms with Gasteiger partial charge in [0, 0.05) is 12.7 Å². The Morgan fingerprint density at radius 3 is 2.42 bits per heavy atom. The van der Waals surface area contributed by atoms with Gasteiger partial charge in [-0.3, -0.25) is 4.79 Å². The summed E-state index contributed by atoms with van der Waals surface area (Å²) in [5.74, 6) is 0.264. The predicted molar refractivity (Wildman–Crippen MR) is 126 cm³/mol. The molecule has 4 heteroatoms. The van der Waals surface area contributed by atoms with Crippen LogP contribution in [0, 0.1) is 5.92 Å². The maximum Gasteiger partial charge on any atom is 0.314 e. The molecule has 2 heterocycles. The molecule has 0 amide bonds. The first kappa shape index (κ1) is 25.7. The maximum atomic E-state index is 12.6. The Hall–Kier alpha value is -1.55. The summed E-state index contributed by atoms with van der Waals surface area (Å²) in [4.78, 5) is 12.6. The van der Waals surface area contributed by atoms with E-state index in [9.17, 15) is 4.79 Å². The van der Waals surface area contributed by atoms with E-state index in [4.69, 9.17) is 13.9 Å². The van der Waals surface area contributed by atoms with Crippen molar-refractivity contribution in [3.63, 3.8) is 0 Å². The van der Waals surface area contributed by atoms with Gasteiger partial charge in [0.2, 0.25) is 0 Å². The van der Waals surface area contributed by atoms with E-state index in [1.807, 2.05) is 0 Å². The second kappa shape index (κ2) is 17.1. The molecule has 1 aromatic rings. The zero-order valence-electron chi connectivity index (χ0n) is 19.7. The van der Waals surface area contributed by atoms with Crippen molar-refractivity contribution in [1.29, 1.82) is 0 Å². The fraction of sp³-hybridized carbons (Fsp3) is 0.741. The van der Waals surface area contributed by atoms with Gasteiger partial charge in [0.25, 0.3) is 0 Å². The first-order valence-corrected chi connectivity index (χ1v) is 12.8. The molecule has 1 aromatic heterocycles. The van der Waals surface area contributed by atoms with Crippen molar-refractivity contribution in [2.45, 2.75) is 116 Å². The molecule has 1 aliphatic heterocycles. The number of ether oxygens (including phenoxy) is 2. The highest BCUT2D eigenvalue weighted by Crippen LogP contribution is 2.26. The number of unbranched alkanes of at least 4 members (excludes halogenated alkanes) is 10. The van der Waals surface area contributed by atoms with Crippen LogP contribution < -0.4 is 4.74 Å². The van der Waals surface area contributed by atoms with Crippen LogP contribution in [0.5, 0.6) is 5.75 Å². The molecule has 0 aromatic carbocycles. The van der Waals surface area contributed by atoms with Gasteiger partial charge in [-0.2, -0.15) is 0 Å². The second-order valence-corrected chi connectivity index (χ2v) is 8.97. The Morgan fingerprint density at radius 2 is 1.77 bits per heavy atom. The molecule has 0 spiro atoms. The fourth-order valence-electron chi connectivity index (χ4n) is 4.27. The Balaban J connectivity index is 1.53. The second-order valence-electron chi connectivity index (χ2n) is 8.97. The smallest absolute Gasteiger partial charge is 0.314 e. The van der Waals surface area contributed by atoms with Crippen molar-refractivity contribution < 1.29 is 18.7 Å². The third-order valence-electron chi connectivity index (χ3n) is 6.18. The molecule has 176 valence electrons. The molecule has 1 fully saturated rings. The standard InChI is InChI=1S/C27H44O4/c1-2-3-4-5-6-7-8-9-10-11-12-13-14-15-17-24(22-25-18-16-20-30-25)27(28)31-26-19-21-29-23-26/h9-10,19,21,23-25H,2-8,11-18,20,22H2,1H3. The molecule has 2 rings (SSSR count). The van der Waals surface area contributed by atoms with E-state index in [-0.39, 0.29) is 18.0 Å². The Bertz CT molecular complexity index is 572. The number of carbonyl (C=O) groups is 1. The van der Waals surface area contributed by atoms with E-state index in [0.29, 0.717) is 5.75 Å². The number of carbonyl (C=O) groups excluding carboxylic acids is 1. The van der Waals surface area contributed by atoms with Crippen molar-refractivity contribution >= 4 is 5.97 Å². The summed E-state index contributed by atoms with van der Waals surface area (Å²) in [5, 5.41) is 0. The number of esters is 1. The molecule has 1 saturated heterocycles. The van der Waals surface area contributed by atoms with Crippen molar-refractivity contribution in [2.75, 3.05) is 6.61 Å². The molecule has 0 aliphatic carbocycles. The molecule has 2 atom stereocenters. The van der Waals surface area contributed by atoms with Crippen LogP contribution in [0.3, 0.4) is 0 Å². The highest BCUT2D eigenvalue weighted by atomic mass is 16.5. The summed E-state index contributed by atoms with van der Waals surface area (Å²) in [6, 6.07) is 1.68. The number of hydrogen-bond acceptors (Lipinski definition) is 4. The highest BCUT2D eigenvalue weighted by molar-refractivity contribution is 5.75. The SMILES string of the molecule is CCCCCCCCC=CCCCCCCC(CC1CCCO1)C(=O)Oc1ccoc1. The summed E-state index contributed by atoms with van der Waals surface area (Å²) in [7, 11) is 0. The molecule has 0 radical (unpaired) electrons. The molecule has 0 bridgehead atoms. The van der Waals surface area contributed by atoms with E-state index in [1.165, 1.54) is 83.2 Å². The lowest BCUT2D eigenvalue weighted by Gasteiger charge is -2.18. The van der Waals surface area contributed by atoms with Gasteiger partial charge in [-0.05, 0) is 51.4 Å². The van der Waals surface area contributed by atoms with Crippen molar-refractivity contribution in [3.05, 3.63) is 30.7 Å². The summed E-state index contributed by atoms with van der Waals surface area (Å²) in [6.45, 7) is 3.09. The topological polar surface area (TPSA) is 48.7 Å². The maximum absolute atomic E-state index is 12.6. The minimum absolute atomic E-state index is 0.0878. The van der Waals surface area contributed by atoms with E-state index in [0.717, 1.165) is 38.7 Å². The number of allylic oxidation sites excluding steroid dienone is 2. The van der Waals surface area contributed by atoms with Crippen molar-refractivity contribution in [2.24, 2.45) is 5.92 Å². The molecule has 4 nitrogen and oxygen atoms in total. The summed E-state index contributed by atoms with van der Waals surface area (Å²) in [5.41, 5.74) is 0. The van der Waals surface area contributed by atoms with E-state index in [1.54, 1.807) is 6.07 Å². The van der Waals surface area contributed by atoms with Gasteiger partial charge in [0.05, 0.1) is 18.3 Å². The predicted octanol–water partition coefficient (Wildman–Crippen LogP) is 8.02. The minimum atomic E-state index is -0.144. The normalized spacial score (nSPS) is 17.4. The third kappa shape index (κ3) is 12.2. The third-order valence-corrected chi connectivity index (χ3v) is 6.18.